The van der Waals surface area contributed by atoms with E-state index in [-0.39, 0.29) is 12.5 Å². The number of anilines is 2. The summed E-state index contributed by atoms with van der Waals surface area (Å²) in [5.41, 5.74) is 3.18. The zero-order valence-electron chi connectivity index (χ0n) is 11.0. The molecule has 2 aromatic rings. The molecule has 0 bridgehead atoms. The van der Waals surface area contributed by atoms with Crippen LogP contribution in [-0.4, -0.2) is 19.0 Å². The summed E-state index contributed by atoms with van der Waals surface area (Å²) in [5, 5.41) is 3.82. The molecule has 2 aromatic carbocycles. The Kier molecular flexibility index (Phi) is 3.61. The number of hydrogen-bond donors (Lipinski definition) is 1. The first-order chi connectivity index (χ1) is 9.74. The highest BCUT2D eigenvalue weighted by Crippen LogP contribution is 2.27. The summed E-state index contributed by atoms with van der Waals surface area (Å²) in [6.45, 7) is 1.05. The minimum absolute atomic E-state index is 0.0879. The predicted octanol–water partition coefficient (Wildman–Crippen LogP) is 3.34. The van der Waals surface area contributed by atoms with Gasteiger partial charge in [-0.05, 0) is 42.3 Å². The van der Waals surface area contributed by atoms with Crippen LogP contribution in [0.2, 0.25) is 5.02 Å². The van der Waals surface area contributed by atoms with Crippen molar-refractivity contribution in [2.75, 3.05) is 23.3 Å². The number of benzene rings is 2. The Bertz CT molecular complexity index is 625. The van der Waals surface area contributed by atoms with Crippen LogP contribution in [0.15, 0.2) is 48.5 Å². The van der Waals surface area contributed by atoms with E-state index in [9.17, 15) is 4.79 Å². The lowest BCUT2D eigenvalue weighted by Gasteiger charge is -2.18. The number of hydrogen-bond acceptors (Lipinski definition) is 2. The standard InChI is InChI=1S/C16H15ClN2O/c17-13-5-7-14(8-6-13)18-11-16(20)19-10-9-12-3-1-2-4-15(12)19/h1-8,18H,9-11H2. The van der Waals surface area contributed by atoms with Crippen molar-refractivity contribution in [3.05, 3.63) is 59.1 Å². The first-order valence-corrected chi connectivity index (χ1v) is 6.99. The number of para-hydroxylation sites is 1. The molecule has 0 spiro atoms. The maximum atomic E-state index is 12.3. The van der Waals surface area contributed by atoms with Gasteiger partial charge in [-0.25, -0.2) is 0 Å². The maximum absolute atomic E-state index is 12.3. The second-order valence-corrected chi connectivity index (χ2v) is 5.22. The van der Waals surface area contributed by atoms with Crippen LogP contribution in [0.5, 0.6) is 0 Å². The van der Waals surface area contributed by atoms with Gasteiger partial charge in [0, 0.05) is 22.9 Å². The SMILES string of the molecule is O=C(CNc1ccc(Cl)cc1)N1CCc2ccccc21. The molecule has 3 rings (SSSR count). The van der Waals surface area contributed by atoms with E-state index in [1.165, 1.54) is 5.56 Å². The number of carbonyl (C=O) groups is 1. The summed E-state index contributed by atoms with van der Waals surface area (Å²) in [6.07, 6.45) is 0.933. The van der Waals surface area contributed by atoms with Gasteiger partial charge in [0.15, 0.2) is 0 Å². The smallest absolute Gasteiger partial charge is 0.246 e. The van der Waals surface area contributed by atoms with Gasteiger partial charge in [-0.2, -0.15) is 0 Å². The Labute approximate surface area is 123 Å². The van der Waals surface area contributed by atoms with Gasteiger partial charge in [0.1, 0.15) is 0 Å². The second kappa shape index (κ2) is 5.55. The van der Waals surface area contributed by atoms with Gasteiger partial charge >= 0.3 is 0 Å². The van der Waals surface area contributed by atoms with E-state index < -0.39 is 0 Å². The van der Waals surface area contributed by atoms with Crippen LogP contribution in [0.3, 0.4) is 0 Å². The van der Waals surface area contributed by atoms with Gasteiger partial charge in [-0.1, -0.05) is 29.8 Å². The third-order valence-electron chi connectivity index (χ3n) is 3.48. The van der Waals surface area contributed by atoms with Crippen LogP contribution in [0.4, 0.5) is 11.4 Å². The lowest BCUT2D eigenvalue weighted by Crippen LogP contribution is -2.34. The summed E-state index contributed by atoms with van der Waals surface area (Å²) >= 11 is 5.83. The monoisotopic (exact) mass is 286 g/mol. The molecule has 1 aliphatic rings. The number of halogens is 1. The van der Waals surface area contributed by atoms with Crippen molar-refractivity contribution in [3.63, 3.8) is 0 Å². The molecule has 0 fully saturated rings. The number of amides is 1. The van der Waals surface area contributed by atoms with Crippen LogP contribution in [0.1, 0.15) is 5.56 Å². The van der Waals surface area contributed by atoms with Crippen molar-refractivity contribution in [3.8, 4) is 0 Å². The molecular formula is C16H15ClN2O. The predicted molar refractivity (Wildman–Crippen MR) is 82.4 cm³/mol. The van der Waals surface area contributed by atoms with Crippen molar-refractivity contribution in [2.45, 2.75) is 6.42 Å². The van der Waals surface area contributed by atoms with E-state index in [2.05, 4.69) is 11.4 Å². The summed E-state index contributed by atoms with van der Waals surface area (Å²) < 4.78 is 0. The molecule has 0 atom stereocenters. The largest absolute Gasteiger partial charge is 0.376 e. The number of carbonyl (C=O) groups excluding carboxylic acids is 1. The number of fused-ring (bicyclic) bond motifs is 1. The summed E-state index contributed by atoms with van der Waals surface area (Å²) in [6, 6.07) is 15.4. The molecule has 3 nitrogen and oxygen atoms in total. The van der Waals surface area contributed by atoms with Gasteiger partial charge in [0.05, 0.1) is 6.54 Å². The highest BCUT2D eigenvalue weighted by atomic mass is 35.5. The van der Waals surface area contributed by atoms with E-state index in [0.717, 1.165) is 24.3 Å². The fraction of sp³-hybridized carbons (Fsp3) is 0.188. The van der Waals surface area contributed by atoms with E-state index in [4.69, 9.17) is 11.6 Å². The summed E-state index contributed by atoms with van der Waals surface area (Å²) in [7, 11) is 0. The summed E-state index contributed by atoms with van der Waals surface area (Å²) in [5.74, 6) is 0.0879. The van der Waals surface area contributed by atoms with Crippen LogP contribution < -0.4 is 10.2 Å². The molecule has 1 N–H and O–H groups in total. The zero-order chi connectivity index (χ0) is 13.9. The first kappa shape index (κ1) is 13.0. The Morgan fingerprint density at radius 1 is 1.15 bits per heavy atom. The fourth-order valence-corrected chi connectivity index (χ4v) is 2.56. The van der Waals surface area contributed by atoms with Crippen LogP contribution >= 0.6 is 11.6 Å². The minimum Gasteiger partial charge on any atom is -0.376 e. The van der Waals surface area contributed by atoms with Gasteiger partial charge in [-0.15, -0.1) is 0 Å². The van der Waals surface area contributed by atoms with Crippen LogP contribution in [0.25, 0.3) is 0 Å². The highest BCUT2D eigenvalue weighted by molar-refractivity contribution is 6.30. The first-order valence-electron chi connectivity index (χ1n) is 6.62. The lowest BCUT2D eigenvalue weighted by molar-refractivity contribution is -0.116. The Morgan fingerprint density at radius 2 is 1.90 bits per heavy atom. The quantitative estimate of drug-likeness (QED) is 0.938. The molecule has 0 radical (unpaired) electrons. The Hall–Kier alpha value is -2.00. The van der Waals surface area contributed by atoms with Gasteiger partial charge < -0.3 is 10.2 Å². The Balaban J connectivity index is 1.65. The van der Waals surface area contributed by atoms with E-state index >= 15 is 0 Å². The summed E-state index contributed by atoms with van der Waals surface area (Å²) in [4.78, 5) is 14.1. The number of nitrogens with zero attached hydrogens (tertiary/aromatic N) is 1. The van der Waals surface area contributed by atoms with Crippen molar-refractivity contribution in [1.29, 1.82) is 0 Å². The molecule has 1 amide bonds. The molecule has 102 valence electrons. The second-order valence-electron chi connectivity index (χ2n) is 4.78. The lowest BCUT2D eigenvalue weighted by atomic mass is 10.2. The molecule has 0 unspecified atom stereocenters. The average Bonchev–Trinajstić information content (AvgIpc) is 2.90. The molecule has 20 heavy (non-hydrogen) atoms. The molecule has 0 saturated carbocycles. The zero-order valence-corrected chi connectivity index (χ0v) is 11.7. The number of nitrogens with one attached hydrogen (secondary N) is 1. The van der Waals surface area contributed by atoms with Gasteiger partial charge in [0.25, 0.3) is 0 Å². The average molecular weight is 287 g/mol. The topological polar surface area (TPSA) is 32.3 Å². The van der Waals surface area contributed by atoms with Crippen molar-refractivity contribution in [2.24, 2.45) is 0 Å². The molecule has 0 aromatic heterocycles. The van der Waals surface area contributed by atoms with Crippen molar-refractivity contribution >= 4 is 28.9 Å². The van der Waals surface area contributed by atoms with E-state index in [0.29, 0.717) is 5.02 Å². The van der Waals surface area contributed by atoms with Crippen LogP contribution in [0, 0.1) is 0 Å². The molecule has 0 saturated heterocycles. The maximum Gasteiger partial charge on any atom is 0.246 e. The van der Waals surface area contributed by atoms with Crippen molar-refractivity contribution in [1.82, 2.24) is 0 Å². The third-order valence-corrected chi connectivity index (χ3v) is 3.73. The fourth-order valence-electron chi connectivity index (χ4n) is 2.44. The molecule has 0 aliphatic carbocycles. The normalized spacial score (nSPS) is 13.2. The van der Waals surface area contributed by atoms with E-state index in [1.807, 2.05) is 35.2 Å². The molecule has 1 aliphatic heterocycles. The molecule has 4 heteroatoms. The van der Waals surface area contributed by atoms with E-state index in [1.54, 1.807) is 12.1 Å². The third kappa shape index (κ3) is 2.63. The number of rotatable bonds is 3. The van der Waals surface area contributed by atoms with Crippen LogP contribution in [-0.2, 0) is 11.2 Å². The minimum atomic E-state index is 0.0879. The van der Waals surface area contributed by atoms with Gasteiger partial charge in [-0.3, -0.25) is 4.79 Å². The highest BCUT2D eigenvalue weighted by Gasteiger charge is 2.23. The van der Waals surface area contributed by atoms with Gasteiger partial charge in [0.2, 0.25) is 5.91 Å². The molecular weight excluding hydrogens is 272 g/mol. The Morgan fingerprint density at radius 3 is 2.70 bits per heavy atom. The van der Waals surface area contributed by atoms with Crippen molar-refractivity contribution < 1.29 is 4.79 Å². The molecule has 1 heterocycles.